The van der Waals surface area contributed by atoms with E-state index in [0.717, 1.165) is 16.3 Å². The lowest BCUT2D eigenvalue weighted by atomic mass is 9.93. The van der Waals surface area contributed by atoms with Crippen molar-refractivity contribution in [2.24, 2.45) is 5.73 Å². The highest BCUT2D eigenvalue weighted by molar-refractivity contribution is 6.03. The lowest BCUT2D eigenvalue weighted by Gasteiger charge is -2.11. The Labute approximate surface area is 117 Å². The Bertz CT molecular complexity index is 779. The van der Waals surface area contributed by atoms with Crippen LogP contribution >= 0.6 is 0 Å². The second kappa shape index (κ2) is 4.82. The van der Waals surface area contributed by atoms with Gasteiger partial charge in [0, 0.05) is 12.0 Å². The average molecular weight is 261 g/mol. The molecule has 98 valence electrons. The predicted octanol–water partition coefficient (Wildman–Crippen LogP) is 3.58. The lowest BCUT2D eigenvalue weighted by molar-refractivity contribution is -0.114. The summed E-state index contributed by atoms with van der Waals surface area (Å²) in [5, 5.41) is 4.62. The van der Waals surface area contributed by atoms with E-state index in [1.165, 1.54) is 10.8 Å². The molecule has 0 aliphatic heterocycles. The second-order valence-electron chi connectivity index (χ2n) is 4.94. The van der Waals surface area contributed by atoms with Crippen LogP contribution in [0.2, 0.25) is 0 Å². The molecule has 0 atom stereocenters. The molecule has 0 radical (unpaired) electrons. The monoisotopic (exact) mass is 261 g/mol. The van der Waals surface area contributed by atoms with Gasteiger partial charge in [0.15, 0.2) is 0 Å². The standard InChI is InChI=1S/C18H15NO/c1-12(18(19)20)10-17-15-8-4-2-6-13(15)11-14-7-3-5-9-16(14)17/h2-9,11H,1,10H2,(H2,19,20). The van der Waals surface area contributed by atoms with Gasteiger partial charge < -0.3 is 5.73 Å². The van der Waals surface area contributed by atoms with Crippen molar-refractivity contribution in [3.63, 3.8) is 0 Å². The van der Waals surface area contributed by atoms with Crippen molar-refractivity contribution in [1.29, 1.82) is 0 Å². The fourth-order valence-corrected chi connectivity index (χ4v) is 2.60. The van der Waals surface area contributed by atoms with E-state index in [9.17, 15) is 4.79 Å². The third-order valence-corrected chi connectivity index (χ3v) is 3.62. The van der Waals surface area contributed by atoms with Gasteiger partial charge in [-0.3, -0.25) is 4.79 Å². The molecule has 0 bridgehead atoms. The molecule has 20 heavy (non-hydrogen) atoms. The van der Waals surface area contributed by atoms with E-state index in [1.54, 1.807) is 0 Å². The third-order valence-electron chi connectivity index (χ3n) is 3.62. The number of carbonyl (C=O) groups excluding carboxylic acids is 1. The van der Waals surface area contributed by atoms with Gasteiger partial charge in [0.25, 0.3) is 0 Å². The molecule has 2 heteroatoms. The van der Waals surface area contributed by atoms with Crippen molar-refractivity contribution in [2.45, 2.75) is 6.42 Å². The van der Waals surface area contributed by atoms with Gasteiger partial charge in [-0.05, 0) is 33.2 Å². The van der Waals surface area contributed by atoms with Crippen molar-refractivity contribution in [1.82, 2.24) is 0 Å². The number of hydrogen-bond donors (Lipinski definition) is 1. The predicted molar refractivity (Wildman–Crippen MR) is 83.5 cm³/mol. The molecule has 0 aliphatic carbocycles. The summed E-state index contributed by atoms with van der Waals surface area (Å²) in [4.78, 5) is 11.3. The number of amides is 1. The van der Waals surface area contributed by atoms with Gasteiger partial charge in [0.05, 0.1) is 0 Å². The van der Waals surface area contributed by atoms with Crippen molar-refractivity contribution >= 4 is 27.5 Å². The van der Waals surface area contributed by atoms with Gasteiger partial charge in [0.2, 0.25) is 5.91 Å². The Balaban J connectivity index is 2.33. The number of primary amides is 1. The summed E-state index contributed by atoms with van der Waals surface area (Å²) in [5.41, 5.74) is 6.88. The van der Waals surface area contributed by atoms with Crippen molar-refractivity contribution in [3.05, 3.63) is 72.3 Å². The largest absolute Gasteiger partial charge is 0.366 e. The summed E-state index contributed by atoms with van der Waals surface area (Å²) in [6, 6.07) is 18.5. The first kappa shape index (κ1) is 12.4. The van der Waals surface area contributed by atoms with Crippen molar-refractivity contribution < 1.29 is 4.79 Å². The molecule has 0 fully saturated rings. The molecular formula is C18H15NO. The zero-order valence-electron chi connectivity index (χ0n) is 11.1. The van der Waals surface area contributed by atoms with Crippen LogP contribution in [0, 0.1) is 0 Å². The van der Waals surface area contributed by atoms with E-state index < -0.39 is 5.91 Å². The molecule has 0 heterocycles. The van der Waals surface area contributed by atoms with Crippen LogP contribution in [0.4, 0.5) is 0 Å². The molecule has 0 unspecified atom stereocenters. The molecule has 2 N–H and O–H groups in total. The topological polar surface area (TPSA) is 43.1 Å². The SMILES string of the molecule is C=C(Cc1c2ccccc2cc2ccccc12)C(N)=O. The molecule has 0 spiro atoms. The summed E-state index contributed by atoms with van der Waals surface area (Å²) in [5.74, 6) is -0.443. The number of nitrogens with two attached hydrogens (primary N) is 1. The summed E-state index contributed by atoms with van der Waals surface area (Å²) in [7, 11) is 0. The van der Waals surface area contributed by atoms with Gasteiger partial charge in [-0.25, -0.2) is 0 Å². The highest BCUT2D eigenvalue weighted by atomic mass is 16.1. The number of carbonyl (C=O) groups is 1. The minimum absolute atomic E-state index is 0.437. The Kier molecular flexibility index (Phi) is 2.99. The quantitative estimate of drug-likeness (QED) is 0.568. The van der Waals surface area contributed by atoms with Crippen LogP contribution in [0.5, 0.6) is 0 Å². The molecule has 0 aromatic heterocycles. The van der Waals surface area contributed by atoms with Gasteiger partial charge >= 0.3 is 0 Å². The molecule has 3 aromatic rings. The first-order valence-corrected chi connectivity index (χ1v) is 6.54. The fraction of sp³-hybridized carbons (Fsp3) is 0.0556. The highest BCUT2D eigenvalue weighted by Crippen LogP contribution is 2.29. The number of benzene rings is 3. The average Bonchev–Trinajstić information content (AvgIpc) is 2.46. The number of hydrogen-bond acceptors (Lipinski definition) is 1. The first-order valence-electron chi connectivity index (χ1n) is 6.54. The molecule has 0 saturated heterocycles. The van der Waals surface area contributed by atoms with E-state index in [2.05, 4.69) is 36.9 Å². The molecule has 0 saturated carbocycles. The lowest BCUT2D eigenvalue weighted by Crippen LogP contribution is -2.14. The van der Waals surface area contributed by atoms with Crippen molar-refractivity contribution in [2.75, 3.05) is 0 Å². The van der Waals surface area contributed by atoms with Crippen LogP contribution in [0.25, 0.3) is 21.5 Å². The first-order chi connectivity index (χ1) is 9.66. The van der Waals surface area contributed by atoms with Gasteiger partial charge in [0.1, 0.15) is 0 Å². The summed E-state index contributed by atoms with van der Waals surface area (Å²) in [6.07, 6.45) is 0.483. The smallest absolute Gasteiger partial charge is 0.244 e. The maximum Gasteiger partial charge on any atom is 0.244 e. The Morgan fingerprint density at radius 3 is 1.95 bits per heavy atom. The number of fused-ring (bicyclic) bond motifs is 2. The van der Waals surface area contributed by atoms with E-state index in [1.807, 2.05) is 24.3 Å². The van der Waals surface area contributed by atoms with Crippen LogP contribution < -0.4 is 5.73 Å². The Morgan fingerprint density at radius 2 is 1.45 bits per heavy atom. The van der Waals surface area contributed by atoms with Crippen LogP contribution in [-0.2, 0) is 11.2 Å². The fourth-order valence-electron chi connectivity index (χ4n) is 2.60. The Morgan fingerprint density at radius 1 is 0.950 bits per heavy atom. The summed E-state index contributed by atoms with van der Waals surface area (Å²) >= 11 is 0. The normalized spacial score (nSPS) is 10.8. The third kappa shape index (κ3) is 2.05. The molecule has 3 aromatic carbocycles. The summed E-state index contributed by atoms with van der Waals surface area (Å²) < 4.78 is 0. The second-order valence-corrected chi connectivity index (χ2v) is 4.94. The minimum atomic E-state index is -0.443. The number of rotatable bonds is 3. The zero-order valence-corrected chi connectivity index (χ0v) is 11.1. The van der Waals surface area contributed by atoms with Gasteiger partial charge in [-0.2, -0.15) is 0 Å². The molecule has 3 rings (SSSR count). The van der Waals surface area contributed by atoms with E-state index in [0.29, 0.717) is 12.0 Å². The maximum absolute atomic E-state index is 11.3. The zero-order chi connectivity index (χ0) is 14.1. The van der Waals surface area contributed by atoms with E-state index >= 15 is 0 Å². The van der Waals surface area contributed by atoms with E-state index in [-0.39, 0.29) is 0 Å². The molecule has 0 aliphatic rings. The minimum Gasteiger partial charge on any atom is -0.366 e. The van der Waals surface area contributed by atoms with Crippen LogP contribution in [0.1, 0.15) is 5.56 Å². The molecule has 2 nitrogen and oxygen atoms in total. The molecular weight excluding hydrogens is 246 g/mol. The van der Waals surface area contributed by atoms with Crippen LogP contribution in [0.3, 0.4) is 0 Å². The van der Waals surface area contributed by atoms with Crippen LogP contribution in [0.15, 0.2) is 66.7 Å². The van der Waals surface area contributed by atoms with Gasteiger partial charge in [-0.15, -0.1) is 0 Å². The van der Waals surface area contributed by atoms with Gasteiger partial charge in [-0.1, -0.05) is 55.1 Å². The summed E-state index contributed by atoms with van der Waals surface area (Å²) in [6.45, 7) is 3.79. The highest BCUT2D eigenvalue weighted by Gasteiger charge is 2.10. The van der Waals surface area contributed by atoms with Crippen LogP contribution in [-0.4, -0.2) is 5.91 Å². The van der Waals surface area contributed by atoms with Crippen molar-refractivity contribution in [3.8, 4) is 0 Å². The van der Waals surface area contributed by atoms with E-state index in [4.69, 9.17) is 5.73 Å². The Hall–Kier alpha value is -2.61. The maximum atomic E-state index is 11.3. The molecule has 1 amide bonds.